The zero-order chi connectivity index (χ0) is 13.9. The van der Waals surface area contributed by atoms with Crippen molar-refractivity contribution in [3.8, 4) is 0 Å². The van der Waals surface area contributed by atoms with Crippen molar-refractivity contribution in [1.82, 2.24) is 0 Å². The van der Waals surface area contributed by atoms with Crippen LogP contribution in [0, 0.1) is 5.92 Å². The molecular weight excluding hydrogens is 279 g/mol. The lowest BCUT2D eigenvalue weighted by Gasteiger charge is -2.22. The van der Waals surface area contributed by atoms with Gasteiger partial charge in [0.05, 0.1) is 0 Å². The van der Waals surface area contributed by atoms with Crippen LogP contribution in [0.1, 0.15) is 17.3 Å². The zero-order valence-corrected chi connectivity index (χ0v) is 10.9. The molecule has 1 aromatic rings. The molecule has 0 saturated heterocycles. The maximum atomic E-state index is 12.1. The molecule has 0 aromatic heterocycles. The predicted molar refractivity (Wildman–Crippen MR) is 67.0 cm³/mol. The van der Waals surface area contributed by atoms with E-state index in [4.69, 9.17) is 28.3 Å². The molecule has 1 atom stereocenters. The van der Waals surface area contributed by atoms with Crippen LogP contribution in [0.4, 0.5) is 0 Å². The van der Waals surface area contributed by atoms with Gasteiger partial charge >= 0.3 is 5.97 Å². The Kier molecular flexibility index (Phi) is 4.48. The summed E-state index contributed by atoms with van der Waals surface area (Å²) in [7, 11) is 0. The number of carboxylic acids is 1. The van der Waals surface area contributed by atoms with Crippen LogP contribution in [-0.2, 0) is 9.59 Å². The van der Waals surface area contributed by atoms with E-state index in [1.54, 1.807) is 18.2 Å². The van der Waals surface area contributed by atoms with Gasteiger partial charge < -0.3 is 5.11 Å². The normalized spacial score (nSPS) is 12.8. The molecule has 4 nitrogen and oxygen atoms in total. The third kappa shape index (κ3) is 3.31. The Morgan fingerprint density at radius 2 is 1.67 bits per heavy atom. The van der Waals surface area contributed by atoms with Crippen LogP contribution in [0.25, 0.3) is 0 Å². The highest BCUT2D eigenvalue weighted by molar-refractivity contribution is 6.54. The van der Waals surface area contributed by atoms with Gasteiger partial charge in [-0.3, -0.25) is 9.59 Å². The van der Waals surface area contributed by atoms with Crippen molar-refractivity contribution in [2.75, 3.05) is 0 Å². The molecule has 0 radical (unpaired) electrons. The molecule has 1 N–H and O–H groups in total. The summed E-state index contributed by atoms with van der Waals surface area (Å²) in [5, 5.41) is 8.69. The number of hydrogen-bond donors (Lipinski definition) is 1. The SMILES string of the molecule is CC(Cl)(Cl)C(C(=O)C(=O)O)C(=O)c1ccccc1. The van der Waals surface area contributed by atoms with Crippen LogP contribution in [0.3, 0.4) is 0 Å². The number of carbonyl (C=O) groups is 3. The Hall–Kier alpha value is -1.39. The second kappa shape index (κ2) is 5.50. The molecular formula is C12H10Cl2O4. The molecule has 1 unspecified atom stereocenters. The van der Waals surface area contributed by atoms with E-state index in [-0.39, 0.29) is 5.56 Å². The minimum atomic E-state index is -1.79. The van der Waals surface area contributed by atoms with Gasteiger partial charge in [-0.05, 0) is 6.92 Å². The van der Waals surface area contributed by atoms with Gasteiger partial charge in [0.15, 0.2) is 5.78 Å². The molecule has 0 heterocycles. The molecule has 0 fully saturated rings. The van der Waals surface area contributed by atoms with Crippen molar-refractivity contribution in [2.24, 2.45) is 5.92 Å². The van der Waals surface area contributed by atoms with E-state index >= 15 is 0 Å². The topological polar surface area (TPSA) is 71.4 Å². The van der Waals surface area contributed by atoms with E-state index in [1.165, 1.54) is 19.1 Å². The Morgan fingerprint density at radius 3 is 2.06 bits per heavy atom. The molecule has 1 aromatic carbocycles. The van der Waals surface area contributed by atoms with Gasteiger partial charge in [-0.25, -0.2) is 4.79 Å². The van der Waals surface area contributed by atoms with Crippen LogP contribution >= 0.6 is 23.2 Å². The summed E-state index contributed by atoms with van der Waals surface area (Å²) < 4.78 is -1.79. The molecule has 0 saturated carbocycles. The quantitative estimate of drug-likeness (QED) is 0.391. The summed E-state index contributed by atoms with van der Waals surface area (Å²) in [6.07, 6.45) is 0. The van der Waals surface area contributed by atoms with E-state index in [0.717, 1.165) is 0 Å². The van der Waals surface area contributed by atoms with Crippen molar-refractivity contribution >= 4 is 40.7 Å². The Bertz CT molecular complexity index is 477. The van der Waals surface area contributed by atoms with Gasteiger partial charge in [-0.15, -0.1) is 23.2 Å². The van der Waals surface area contributed by atoms with Crippen LogP contribution in [0.2, 0.25) is 0 Å². The summed E-state index contributed by atoms with van der Waals surface area (Å²) in [6.45, 7) is 1.21. The van der Waals surface area contributed by atoms with Gasteiger partial charge in [-0.1, -0.05) is 30.3 Å². The fourth-order valence-electron chi connectivity index (χ4n) is 1.47. The second-order valence-electron chi connectivity index (χ2n) is 3.79. The zero-order valence-electron chi connectivity index (χ0n) is 9.39. The third-order valence-corrected chi connectivity index (χ3v) is 2.74. The van der Waals surface area contributed by atoms with Gasteiger partial charge in [0, 0.05) is 5.56 Å². The highest BCUT2D eigenvalue weighted by Gasteiger charge is 2.44. The predicted octanol–water partition coefficient (Wildman–Crippen LogP) is 2.33. The first-order valence-electron chi connectivity index (χ1n) is 4.99. The molecule has 0 aliphatic carbocycles. The van der Waals surface area contributed by atoms with Crippen LogP contribution < -0.4 is 0 Å². The summed E-state index contributed by atoms with van der Waals surface area (Å²) in [5.74, 6) is -5.41. The number of halogens is 2. The number of aliphatic carboxylic acids is 1. The summed E-state index contributed by atoms with van der Waals surface area (Å²) in [4.78, 5) is 34.3. The molecule has 0 aliphatic heterocycles. The van der Waals surface area contributed by atoms with E-state index in [0.29, 0.717) is 0 Å². The number of ketones is 2. The van der Waals surface area contributed by atoms with Gasteiger partial charge in [-0.2, -0.15) is 0 Å². The monoisotopic (exact) mass is 288 g/mol. The lowest BCUT2D eigenvalue weighted by atomic mass is 9.90. The molecule has 0 bridgehead atoms. The Balaban J connectivity index is 3.17. The van der Waals surface area contributed by atoms with Gasteiger partial charge in [0.25, 0.3) is 5.78 Å². The first kappa shape index (κ1) is 14.7. The van der Waals surface area contributed by atoms with Crippen LogP contribution in [0.15, 0.2) is 30.3 Å². The van der Waals surface area contributed by atoms with E-state index in [2.05, 4.69) is 0 Å². The van der Waals surface area contributed by atoms with E-state index < -0.39 is 27.8 Å². The van der Waals surface area contributed by atoms with Crippen molar-refractivity contribution in [3.05, 3.63) is 35.9 Å². The molecule has 0 amide bonds. The van der Waals surface area contributed by atoms with Crippen LogP contribution in [-0.4, -0.2) is 27.0 Å². The lowest BCUT2D eigenvalue weighted by molar-refractivity contribution is -0.150. The first-order valence-corrected chi connectivity index (χ1v) is 5.75. The van der Waals surface area contributed by atoms with Gasteiger partial charge in [0.1, 0.15) is 10.3 Å². The number of rotatable bonds is 5. The number of alkyl halides is 2. The van der Waals surface area contributed by atoms with Gasteiger partial charge in [0.2, 0.25) is 0 Å². The van der Waals surface area contributed by atoms with E-state index in [1.807, 2.05) is 0 Å². The fourth-order valence-corrected chi connectivity index (χ4v) is 1.87. The maximum absolute atomic E-state index is 12.1. The average molecular weight is 289 g/mol. The number of benzene rings is 1. The number of hydrogen-bond acceptors (Lipinski definition) is 3. The first-order chi connectivity index (χ1) is 8.25. The standard InChI is InChI=1S/C12H10Cl2O4/c1-12(13,14)8(10(16)11(17)18)9(15)7-5-3-2-4-6-7/h2-6,8H,1H3,(H,17,18). The number of carbonyl (C=O) groups excluding carboxylic acids is 2. The summed E-state index contributed by atoms with van der Waals surface area (Å²) >= 11 is 11.5. The maximum Gasteiger partial charge on any atom is 0.373 e. The van der Waals surface area contributed by atoms with Crippen molar-refractivity contribution < 1.29 is 19.5 Å². The Morgan fingerprint density at radius 1 is 1.17 bits per heavy atom. The van der Waals surface area contributed by atoms with Crippen molar-refractivity contribution in [2.45, 2.75) is 11.3 Å². The highest BCUT2D eigenvalue weighted by Crippen LogP contribution is 2.33. The largest absolute Gasteiger partial charge is 0.475 e. The smallest absolute Gasteiger partial charge is 0.373 e. The van der Waals surface area contributed by atoms with E-state index in [9.17, 15) is 14.4 Å². The third-order valence-electron chi connectivity index (χ3n) is 2.30. The highest BCUT2D eigenvalue weighted by atomic mass is 35.5. The molecule has 0 aliphatic rings. The van der Waals surface area contributed by atoms with Crippen molar-refractivity contribution in [3.63, 3.8) is 0 Å². The average Bonchev–Trinajstić information content (AvgIpc) is 2.28. The second-order valence-corrected chi connectivity index (χ2v) is 5.55. The minimum absolute atomic E-state index is 0.185. The Labute approximate surface area is 114 Å². The summed E-state index contributed by atoms with van der Waals surface area (Å²) in [5.41, 5.74) is 0.185. The van der Waals surface area contributed by atoms with Crippen LogP contribution in [0.5, 0.6) is 0 Å². The molecule has 6 heteroatoms. The number of Topliss-reactive ketones (excluding diaryl/α,β-unsaturated/α-hetero) is 2. The number of carboxylic acid groups (broad SMARTS) is 1. The minimum Gasteiger partial charge on any atom is -0.475 e. The molecule has 96 valence electrons. The summed E-state index contributed by atoms with van der Waals surface area (Å²) in [6, 6.07) is 7.80. The fraction of sp³-hybridized carbons (Fsp3) is 0.250. The molecule has 18 heavy (non-hydrogen) atoms. The van der Waals surface area contributed by atoms with Crippen molar-refractivity contribution in [1.29, 1.82) is 0 Å². The molecule has 1 rings (SSSR count). The lowest BCUT2D eigenvalue weighted by Crippen LogP contribution is -2.40. The molecule has 0 spiro atoms.